The predicted octanol–water partition coefficient (Wildman–Crippen LogP) is 3.21. The number of alkyl halides is 3. The number of aryl methyl sites for hydroxylation is 1. The maximum absolute atomic E-state index is 12.7. The van der Waals surface area contributed by atoms with Crippen LogP contribution < -0.4 is 10.6 Å². The molecule has 7 nitrogen and oxygen atoms in total. The Kier molecular flexibility index (Phi) is 7.25. The van der Waals surface area contributed by atoms with Gasteiger partial charge in [-0.05, 0) is 45.0 Å². The third-order valence-corrected chi connectivity index (χ3v) is 4.21. The van der Waals surface area contributed by atoms with Crippen molar-refractivity contribution in [3.63, 3.8) is 0 Å². The topological polar surface area (TPSA) is 89.4 Å². The first-order valence-electron chi connectivity index (χ1n) is 9.10. The number of carbonyl (C=O) groups excluding carboxylic acids is 3. The van der Waals surface area contributed by atoms with Crippen molar-refractivity contribution >= 4 is 23.5 Å². The Balaban J connectivity index is 1.99. The molecule has 162 valence electrons. The summed E-state index contributed by atoms with van der Waals surface area (Å²) in [5.74, 6) is -1.85. The highest BCUT2D eigenvalue weighted by Gasteiger charge is 2.30. The lowest BCUT2D eigenvalue weighted by molar-refractivity contribution is -0.141. The number of esters is 1. The highest BCUT2D eigenvalue weighted by Crippen LogP contribution is 2.23. The van der Waals surface area contributed by atoms with Crippen LogP contribution >= 0.6 is 0 Å². The number of hydrogen-bond donors (Lipinski definition) is 2. The number of nitrogens with zero attached hydrogens (tertiary/aromatic N) is 1. The molecule has 2 aromatic rings. The highest BCUT2D eigenvalue weighted by molar-refractivity contribution is 5.98. The van der Waals surface area contributed by atoms with Crippen LogP contribution in [0.3, 0.4) is 0 Å². The summed E-state index contributed by atoms with van der Waals surface area (Å²) in [7, 11) is 0. The number of aromatic nitrogens is 1. The normalized spacial score (nSPS) is 11.1. The van der Waals surface area contributed by atoms with Gasteiger partial charge < -0.3 is 19.9 Å². The molecular formula is C20H22F3N3O4. The van der Waals surface area contributed by atoms with Crippen molar-refractivity contribution < 1.29 is 32.3 Å². The van der Waals surface area contributed by atoms with Crippen molar-refractivity contribution in [3.8, 4) is 0 Å². The molecule has 30 heavy (non-hydrogen) atoms. The molecular weight excluding hydrogens is 403 g/mol. The molecule has 0 aliphatic carbocycles. The van der Waals surface area contributed by atoms with E-state index in [0.29, 0.717) is 17.8 Å². The summed E-state index contributed by atoms with van der Waals surface area (Å²) in [5, 5.41) is 5.13. The predicted molar refractivity (Wildman–Crippen MR) is 103 cm³/mol. The minimum Gasteiger partial charge on any atom is -0.452 e. The first-order chi connectivity index (χ1) is 14.0. The van der Waals surface area contributed by atoms with Gasteiger partial charge in [-0.1, -0.05) is 6.07 Å². The first-order valence-corrected chi connectivity index (χ1v) is 9.10. The molecule has 0 atom stereocenters. The van der Waals surface area contributed by atoms with Crippen LogP contribution in [0.15, 0.2) is 30.3 Å². The molecule has 0 aliphatic rings. The molecule has 0 saturated heterocycles. The molecule has 1 aromatic heterocycles. The van der Waals surface area contributed by atoms with Crippen molar-refractivity contribution in [2.75, 3.05) is 18.5 Å². The molecule has 10 heteroatoms. The van der Waals surface area contributed by atoms with E-state index in [1.54, 1.807) is 25.1 Å². The minimum atomic E-state index is -4.43. The van der Waals surface area contributed by atoms with E-state index in [9.17, 15) is 27.6 Å². The molecule has 0 fully saturated rings. The van der Waals surface area contributed by atoms with Gasteiger partial charge in [-0.15, -0.1) is 0 Å². The fourth-order valence-electron chi connectivity index (χ4n) is 2.84. The van der Waals surface area contributed by atoms with E-state index in [-0.39, 0.29) is 22.9 Å². The van der Waals surface area contributed by atoms with Crippen LogP contribution in [-0.2, 0) is 16.1 Å². The van der Waals surface area contributed by atoms with Crippen molar-refractivity contribution in [1.29, 1.82) is 0 Å². The standard InChI is InChI=1S/C20H22F3N3O4/c1-4-24-18(28)14-6-5-7-15(9-14)25-17(27)10-30-19(29)16-8-12(2)26(13(16)3)11-20(21,22)23/h5-9H,4,10-11H2,1-3H3,(H,24,28)(H,25,27). The van der Waals surface area contributed by atoms with Crippen molar-refractivity contribution in [2.24, 2.45) is 0 Å². The third kappa shape index (κ3) is 6.10. The molecule has 0 aliphatic heterocycles. The monoisotopic (exact) mass is 425 g/mol. The molecule has 0 radical (unpaired) electrons. The van der Waals surface area contributed by atoms with Crippen molar-refractivity contribution in [1.82, 2.24) is 9.88 Å². The first kappa shape index (κ1) is 23.0. The van der Waals surface area contributed by atoms with Crippen molar-refractivity contribution in [2.45, 2.75) is 33.5 Å². The van der Waals surface area contributed by atoms with Gasteiger partial charge in [-0.3, -0.25) is 9.59 Å². The van der Waals surface area contributed by atoms with Crippen LogP contribution in [0.1, 0.15) is 39.0 Å². The fourth-order valence-corrected chi connectivity index (χ4v) is 2.84. The zero-order valence-electron chi connectivity index (χ0n) is 16.7. The maximum Gasteiger partial charge on any atom is 0.406 e. The zero-order chi connectivity index (χ0) is 22.5. The number of anilines is 1. The summed E-state index contributed by atoms with van der Waals surface area (Å²) in [6, 6.07) is 7.49. The lowest BCUT2D eigenvalue weighted by Crippen LogP contribution is -2.24. The van der Waals surface area contributed by atoms with Gasteiger partial charge in [0.1, 0.15) is 6.54 Å². The molecule has 2 rings (SSSR count). The van der Waals surface area contributed by atoms with E-state index in [4.69, 9.17) is 4.74 Å². The summed E-state index contributed by atoms with van der Waals surface area (Å²) in [4.78, 5) is 36.1. The van der Waals surface area contributed by atoms with Gasteiger partial charge in [0.2, 0.25) is 0 Å². The van der Waals surface area contributed by atoms with Gasteiger partial charge in [-0.25, -0.2) is 4.79 Å². The molecule has 2 amide bonds. The molecule has 0 spiro atoms. The quantitative estimate of drug-likeness (QED) is 0.667. The van der Waals surface area contributed by atoms with Crippen LogP contribution in [0.25, 0.3) is 0 Å². The van der Waals surface area contributed by atoms with Crippen LogP contribution in [-0.4, -0.2) is 41.7 Å². The van der Waals surface area contributed by atoms with Crippen LogP contribution in [0.2, 0.25) is 0 Å². The van der Waals surface area contributed by atoms with Crippen LogP contribution in [0.5, 0.6) is 0 Å². The van der Waals surface area contributed by atoms with Crippen LogP contribution in [0.4, 0.5) is 18.9 Å². The molecule has 1 heterocycles. The second kappa shape index (κ2) is 9.47. The SMILES string of the molecule is CCNC(=O)c1cccc(NC(=O)COC(=O)c2cc(C)n(CC(F)(F)F)c2C)c1. The summed E-state index contributed by atoms with van der Waals surface area (Å²) in [6.07, 6.45) is -4.43. The maximum atomic E-state index is 12.7. The van der Waals surface area contributed by atoms with Crippen molar-refractivity contribution in [3.05, 3.63) is 52.8 Å². The average molecular weight is 425 g/mol. The Morgan fingerprint density at radius 2 is 1.83 bits per heavy atom. The van der Waals surface area contributed by atoms with E-state index < -0.39 is 31.2 Å². The minimum absolute atomic E-state index is 0.0391. The number of carbonyl (C=O) groups is 3. The number of benzene rings is 1. The number of hydrogen-bond acceptors (Lipinski definition) is 4. The largest absolute Gasteiger partial charge is 0.452 e. The number of ether oxygens (including phenoxy) is 1. The Labute approximate surface area is 171 Å². The zero-order valence-corrected chi connectivity index (χ0v) is 16.7. The second-order valence-corrected chi connectivity index (χ2v) is 6.55. The summed E-state index contributed by atoms with van der Waals surface area (Å²) in [5.41, 5.74) is 1.00. The Morgan fingerprint density at radius 3 is 2.47 bits per heavy atom. The third-order valence-electron chi connectivity index (χ3n) is 4.21. The fraction of sp³-hybridized carbons (Fsp3) is 0.350. The van der Waals surface area contributed by atoms with Crippen LogP contribution in [0, 0.1) is 13.8 Å². The van der Waals surface area contributed by atoms with E-state index in [1.165, 1.54) is 26.0 Å². The van der Waals surface area contributed by atoms with Gasteiger partial charge in [0.25, 0.3) is 11.8 Å². The molecule has 1 aromatic carbocycles. The molecule has 2 N–H and O–H groups in total. The molecule has 0 bridgehead atoms. The second-order valence-electron chi connectivity index (χ2n) is 6.55. The van der Waals surface area contributed by atoms with Gasteiger partial charge in [0.15, 0.2) is 6.61 Å². The van der Waals surface area contributed by atoms with E-state index in [1.807, 2.05) is 0 Å². The van der Waals surface area contributed by atoms with Gasteiger partial charge in [0.05, 0.1) is 5.56 Å². The van der Waals surface area contributed by atoms with Gasteiger partial charge in [-0.2, -0.15) is 13.2 Å². The number of amides is 2. The molecule has 0 saturated carbocycles. The summed E-state index contributed by atoms with van der Waals surface area (Å²) >= 11 is 0. The Hall–Kier alpha value is -3.30. The smallest absolute Gasteiger partial charge is 0.406 e. The summed E-state index contributed by atoms with van der Waals surface area (Å²) in [6.45, 7) is 3.20. The lowest BCUT2D eigenvalue weighted by Gasteiger charge is -2.12. The Bertz CT molecular complexity index is 951. The molecule has 0 unspecified atom stereocenters. The van der Waals surface area contributed by atoms with E-state index >= 15 is 0 Å². The number of rotatable bonds is 7. The lowest BCUT2D eigenvalue weighted by atomic mass is 10.2. The number of nitrogens with one attached hydrogen (secondary N) is 2. The van der Waals surface area contributed by atoms with E-state index in [2.05, 4.69) is 10.6 Å². The number of halogens is 3. The summed E-state index contributed by atoms with van der Waals surface area (Å²) < 4.78 is 43.9. The van der Waals surface area contributed by atoms with E-state index in [0.717, 1.165) is 4.57 Å². The average Bonchev–Trinajstić information content (AvgIpc) is 2.93. The Morgan fingerprint density at radius 1 is 1.13 bits per heavy atom. The highest BCUT2D eigenvalue weighted by atomic mass is 19.4. The van der Waals surface area contributed by atoms with Gasteiger partial charge in [0, 0.05) is 29.2 Å². The van der Waals surface area contributed by atoms with Gasteiger partial charge >= 0.3 is 12.1 Å².